The maximum absolute atomic E-state index is 12.2. The van der Waals surface area contributed by atoms with Gasteiger partial charge in [-0.3, -0.25) is 9.69 Å². The Morgan fingerprint density at radius 3 is 2.54 bits per heavy atom. The summed E-state index contributed by atoms with van der Waals surface area (Å²) in [5.74, 6) is 0.591. The van der Waals surface area contributed by atoms with Crippen LogP contribution in [0.5, 0.6) is 5.75 Å². The first-order chi connectivity index (χ1) is 11.4. The van der Waals surface area contributed by atoms with Gasteiger partial charge in [0.05, 0.1) is 34.4 Å². The quantitative estimate of drug-likeness (QED) is 0.729. The molecule has 4 nitrogen and oxygen atoms in total. The van der Waals surface area contributed by atoms with Crippen LogP contribution in [0, 0.1) is 0 Å². The third-order valence-electron chi connectivity index (χ3n) is 3.28. The number of rotatable bonds is 6. The van der Waals surface area contributed by atoms with E-state index in [4.69, 9.17) is 39.5 Å². The molecule has 0 radical (unpaired) electrons. The summed E-state index contributed by atoms with van der Waals surface area (Å²) >= 11 is 17.9. The largest absolute Gasteiger partial charge is 0.497 e. The summed E-state index contributed by atoms with van der Waals surface area (Å²) in [6.07, 6.45) is 0. The number of carbonyl (C=O) groups excluding carboxylic acids is 1. The minimum atomic E-state index is -0.194. The van der Waals surface area contributed by atoms with Crippen LogP contribution in [0.1, 0.15) is 5.56 Å². The Hall–Kier alpha value is -1.46. The van der Waals surface area contributed by atoms with Crippen molar-refractivity contribution in [1.82, 2.24) is 4.90 Å². The zero-order valence-electron chi connectivity index (χ0n) is 13.3. The molecule has 1 amide bonds. The maximum Gasteiger partial charge on any atom is 0.238 e. The smallest absolute Gasteiger partial charge is 0.238 e. The van der Waals surface area contributed by atoms with Crippen molar-refractivity contribution in [1.29, 1.82) is 0 Å². The minimum Gasteiger partial charge on any atom is -0.497 e. The highest BCUT2D eigenvalue weighted by Gasteiger charge is 2.12. The van der Waals surface area contributed by atoms with Gasteiger partial charge in [-0.2, -0.15) is 0 Å². The number of anilines is 1. The van der Waals surface area contributed by atoms with Crippen molar-refractivity contribution >= 4 is 46.4 Å². The number of amides is 1. The Balaban J connectivity index is 1.95. The van der Waals surface area contributed by atoms with Crippen LogP contribution < -0.4 is 10.1 Å². The molecule has 2 rings (SSSR count). The molecule has 0 aliphatic heterocycles. The minimum absolute atomic E-state index is 0.194. The molecule has 0 aromatic heterocycles. The van der Waals surface area contributed by atoms with E-state index in [1.165, 1.54) is 12.1 Å². The average molecular weight is 388 g/mol. The summed E-state index contributed by atoms with van der Waals surface area (Å²) in [6, 6.07) is 10.7. The van der Waals surface area contributed by atoms with Crippen LogP contribution in [0.3, 0.4) is 0 Å². The van der Waals surface area contributed by atoms with Crippen molar-refractivity contribution in [3.63, 3.8) is 0 Å². The molecular weight excluding hydrogens is 371 g/mol. The molecular formula is C17H17Cl3N2O2. The molecule has 24 heavy (non-hydrogen) atoms. The van der Waals surface area contributed by atoms with Crippen molar-refractivity contribution in [2.75, 3.05) is 26.0 Å². The van der Waals surface area contributed by atoms with Crippen LogP contribution in [-0.4, -0.2) is 31.5 Å². The van der Waals surface area contributed by atoms with Crippen molar-refractivity contribution in [3.05, 3.63) is 57.0 Å². The van der Waals surface area contributed by atoms with E-state index in [0.29, 0.717) is 27.3 Å². The summed E-state index contributed by atoms with van der Waals surface area (Å²) in [6.45, 7) is 0.813. The third-order valence-corrected chi connectivity index (χ3v) is 4.32. The van der Waals surface area contributed by atoms with Gasteiger partial charge in [0.25, 0.3) is 0 Å². The first kappa shape index (κ1) is 18.9. The molecule has 2 aromatic carbocycles. The van der Waals surface area contributed by atoms with E-state index in [0.717, 1.165) is 11.3 Å². The molecule has 0 saturated heterocycles. The monoisotopic (exact) mass is 386 g/mol. The third kappa shape index (κ3) is 5.28. The first-order valence-electron chi connectivity index (χ1n) is 7.15. The van der Waals surface area contributed by atoms with Gasteiger partial charge in [0.1, 0.15) is 5.75 Å². The number of hydrogen-bond donors (Lipinski definition) is 1. The van der Waals surface area contributed by atoms with Gasteiger partial charge >= 0.3 is 0 Å². The molecule has 0 atom stereocenters. The highest BCUT2D eigenvalue weighted by molar-refractivity contribution is 6.44. The van der Waals surface area contributed by atoms with Crippen LogP contribution in [-0.2, 0) is 11.3 Å². The van der Waals surface area contributed by atoms with Gasteiger partial charge < -0.3 is 10.1 Å². The number of methoxy groups -OCH3 is 1. The maximum atomic E-state index is 12.2. The highest BCUT2D eigenvalue weighted by atomic mass is 35.5. The van der Waals surface area contributed by atoms with E-state index >= 15 is 0 Å². The Bertz CT molecular complexity index is 738. The van der Waals surface area contributed by atoms with Gasteiger partial charge in [-0.1, -0.05) is 46.9 Å². The molecule has 0 bridgehead atoms. The number of halogens is 3. The van der Waals surface area contributed by atoms with E-state index in [2.05, 4.69) is 5.32 Å². The normalized spacial score (nSPS) is 10.8. The lowest BCUT2D eigenvalue weighted by Crippen LogP contribution is -2.29. The lowest BCUT2D eigenvalue weighted by atomic mass is 10.2. The number of benzene rings is 2. The number of hydrogen-bond acceptors (Lipinski definition) is 3. The molecule has 0 fully saturated rings. The first-order valence-corrected chi connectivity index (χ1v) is 8.28. The SMILES string of the molecule is COc1cccc(CN(C)CC(=O)Nc2cc(Cl)c(Cl)cc2Cl)c1. The topological polar surface area (TPSA) is 41.6 Å². The van der Waals surface area contributed by atoms with E-state index < -0.39 is 0 Å². The predicted octanol–water partition coefficient (Wildman–Crippen LogP) is 4.73. The van der Waals surface area contributed by atoms with Gasteiger partial charge in [0.15, 0.2) is 0 Å². The standard InChI is InChI=1S/C17H17Cl3N2O2/c1-22(9-11-4-3-5-12(6-11)24-2)10-17(23)21-16-8-14(19)13(18)7-15(16)20/h3-8H,9-10H2,1-2H3,(H,21,23). The van der Waals surface area contributed by atoms with Crippen LogP contribution in [0.15, 0.2) is 36.4 Å². The number of likely N-dealkylation sites (N-methyl/N-ethyl adjacent to an activating group) is 1. The Kier molecular flexibility index (Phi) is 6.75. The van der Waals surface area contributed by atoms with Crippen LogP contribution in [0.4, 0.5) is 5.69 Å². The molecule has 0 unspecified atom stereocenters. The fourth-order valence-corrected chi connectivity index (χ4v) is 2.79. The van der Waals surface area contributed by atoms with E-state index in [1.807, 2.05) is 36.2 Å². The van der Waals surface area contributed by atoms with Crippen molar-refractivity contribution in [2.45, 2.75) is 6.54 Å². The van der Waals surface area contributed by atoms with Gasteiger partial charge in [-0.05, 0) is 36.9 Å². The molecule has 7 heteroatoms. The summed E-state index contributed by atoms with van der Waals surface area (Å²) in [5, 5.41) is 3.75. The molecule has 0 aliphatic rings. The Morgan fingerprint density at radius 1 is 1.12 bits per heavy atom. The van der Waals surface area contributed by atoms with E-state index in [9.17, 15) is 4.79 Å². The number of nitrogens with one attached hydrogen (secondary N) is 1. The second-order valence-electron chi connectivity index (χ2n) is 5.32. The van der Waals surface area contributed by atoms with Crippen LogP contribution >= 0.6 is 34.8 Å². The second kappa shape index (κ2) is 8.58. The molecule has 0 aliphatic carbocycles. The fourth-order valence-electron chi connectivity index (χ4n) is 2.19. The summed E-state index contributed by atoms with van der Waals surface area (Å²) in [5.41, 5.74) is 1.49. The number of ether oxygens (including phenoxy) is 1. The predicted molar refractivity (Wildman–Crippen MR) is 99.4 cm³/mol. The molecule has 128 valence electrons. The second-order valence-corrected chi connectivity index (χ2v) is 6.54. The average Bonchev–Trinajstić information content (AvgIpc) is 2.52. The fraction of sp³-hybridized carbons (Fsp3) is 0.235. The molecule has 0 spiro atoms. The Morgan fingerprint density at radius 2 is 1.83 bits per heavy atom. The van der Waals surface area contributed by atoms with Crippen molar-refractivity contribution in [2.24, 2.45) is 0 Å². The van der Waals surface area contributed by atoms with E-state index in [-0.39, 0.29) is 12.5 Å². The van der Waals surface area contributed by atoms with Crippen LogP contribution in [0.2, 0.25) is 15.1 Å². The lowest BCUT2D eigenvalue weighted by molar-refractivity contribution is -0.117. The summed E-state index contributed by atoms with van der Waals surface area (Å²) in [4.78, 5) is 14.1. The van der Waals surface area contributed by atoms with Gasteiger partial charge in [0.2, 0.25) is 5.91 Å². The van der Waals surface area contributed by atoms with Crippen molar-refractivity contribution < 1.29 is 9.53 Å². The lowest BCUT2D eigenvalue weighted by Gasteiger charge is -2.17. The molecule has 0 saturated carbocycles. The summed E-state index contributed by atoms with van der Waals surface area (Å²) < 4.78 is 5.19. The van der Waals surface area contributed by atoms with E-state index in [1.54, 1.807) is 7.11 Å². The van der Waals surface area contributed by atoms with Gasteiger partial charge in [0, 0.05) is 6.54 Å². The molecule has 2 aromatic rings. The van der Waals surface area contributed by atoms with Gasteiger partial charge in [-0.25, -0.2) is 0 Å². The van der Waals surface area contributed by atoms with Crippen LogP contribution in [0.25, 0.3) is 0 Å². The highest BCUT2D eigenvalue weighted by Crippen LogP contribution is 2.32. The number of nitrogens with zero attached hydrogens (tertiary/aromatic N) is 1. The molecule has 1 N–H and O–H groups in total. The molecule has 0 heterocycles. The van der Waals surface area contributed by atoms with Crippen molar-refractivity contribution in [3.8, 4) is 5.75 Å². The number of carbonyl (C=O) groups is 1. The zero-order valence-corrected chi connectivity index (χ0v) is 15.5. The zero-order chi connectivity index (χ0) is 17.7. The van der Waals surface area contributed by atoms with Gasteiger partial charge in [-0.15, -0.1) is 0 Å². The summed E-state index contributed by atoms with van der Waals surface area (Å²) in [7, 11) is 3.48. The Labute approximate surface area is 156 Å².